The Hall–Kier alpha value is -3.45. The van der Waals surface area contributed by atoms with Crippen LogP contribution in [0.25, 0.3) is 0 Å². The second kappa shape index (κ2) is 9.14. The zero-order valence-corrected chi connectivity index (χ0v) is 18.4. The quantitative estimate of drug-likeness (QED) is 0.559. The maximum atomic E-state index is 13.4. The normalized spacial score (nSPS) is 11.1. The van der Waals surface area contributed by atoms with Crippen LogP contribution in [0.3, 0.4) is 0 Å². The molecule has 3 aromatic rings. The van der Waals surface area contributed by atoms with E-state index in [2.05, 4.69) is 5.32 Å². The van der Waals surface area contributed by atoms with Gasteiger partial charge in [0.15, 0.2) is 5.78 Å². The van der Waals surface area contributed by atoms with Gasteiger partial charge in [-0.15, -0.1) is 0 Å². The highest BCUT2D eigenvalue weighted by atomic mass is 32.2. The third-order valence-corrected chi connectivity index (χ3v) is 6.57. The Bertz CT molecular complexity index is 1220. The number of Topliss-reactive ketones (excluding diaryl/α,β-unsaturated/α-hetero) is 1. The highest BCUT2D eigenvalue weighted by molar-refractivity contribution is 7.92. The zero-order chi connectivity index (χ0) is 22.6. The van der Waals surface area contributed by atoms with Gasteiger partial charge in [0.05, 0.1) is 10.6 Å². The number of ketones is 1. The molecule has 0 unspecified atom stereocenters. The van der Waals surface area contributed by atoms with Crippen molar-refractivity contribution in [2.75, 3.05) is 16.2 Å². The van der Waals surface area contributed by atoms with Crippen molar-refractivity contribution in [2.24, 2.45) is 0 Å². The molecule has 0 aliphatic carbocycles. The van der Waals surface area contributed by atoms with Crippen molar-refractivity contribution in [3.05, 3.63) is 89.5 Å². The molecule has 0 atom stereocenters. The maximum Gasteiger partial charge on any atom is 0.264 e. The first-order valence-electron chi connectivity index (χ1n) is 9.74. The Balaban J connectivity index is 1.96. The van der Waals surface area contributed by atoms with Crippen LogP contribution in [0.15, 0.2) is 77.7 Å². The van der Waals surface area contributed by atoms with Gasteiger partial charge in [0.2, 0.25) is 5.91 Å². The molecule has 0 aliphatic heterocycles. The second-order valence-electron chi connectivity index (χ2n) is 7.30. The molecule has 6 nitrogen and oxygen atoms in total. The second-order valence-corrected chi connectivity index (χ2v) is 9.16. The van der Waals surface area contributed by atoms with E-state index in [9.17, 15) is 18.0 Å². The summed E-state index contributed by atoms with van der Waals surface area (Å²) >= 11 is 0. The average Bonchev–Trinajstić information content (AvgIpc) is 2.73. The van der Waals surface area contributed by atoms with Crippen LogP contribution >= 0.6 is 0 Å². The Morgan fingerprint density at radius 3 is 2.26 bits per heavy atom. The van der Waals surface area contributed by atoms with E-state index >= 15 is 0 Å². The number of carbonyl (C=O) groups excluding carboxylic acids is 2. The summed E-state index contributed by atoms with van der Waals surface area (Å²) in [5, 5.41) is 2.69. The van der Waals surface area contributed by atoms with Gasteiger partial charge in [-0.3, -0.25) is 13.9 Å². The lowest BCUT2D eigenvalue weighted by Gasteiger charge is -2.26. The van der Waals surface area contributed by atoms with E-state index in [1.807, 2.05) is 26.0 Å². The van der Waals surface area contributed by atoms with Gasteiger partial charge in [-0.1, -0.05) is 48.0 Å². The molecular formula is C24H24N2O4S. The van der Waals surface area contributed by atoms with Crippen molar-refractivity contribution < 1.29 is 18.0 Å². The van der Waals surface area contributed by atoms with E-state index < -0.39 is 22.5 Å². The lowest BCUT2D eigenvalue weighted by atomic mass is 10.1. The lowest BCUT2D eigenvalue weighted by molar-refractivity contribution is -0.114. The summed E-state index contributed by atoms with van der Waals surface area (Å²) in [6.07, 6.45) is 0. The molecule has 0 aliphatic rings. The summed E-state index contributed by atoms with van der Waals surface area (Å²) in [7, 11) is -3.98. The van der Waals surface area contributed by atoms with Crippen LogP contribution in [0.4, 0.5) is 11.4 Å². The Kier molecular flexibility index (Phi) is 6.56. The standard InChI is InChI=1S/C24H24N2O4S/c1-17-12-13-23(18(2)14-17)26(31(29,30)22-10-5-4-6-11-22)16-24(28)25-21-9-7-8-20(15-21)19(3)27/h4-15H,16H2,1-3H3,(H,25,28). The van der Waals surface area contributed by atoms with Gasteiger partial charge in [-0.25, -0.2) is 8.42 Å². The van der Waals surface area contributed by atoms with Gasteiger partial charge in [-0.05, 0) is 56.7 Å². The lowest BCUT2D eigenvalue weighted by Crippen LogP contribution is -2.38. The number of amides is 1. The van der Waals surface area contributed by atoms with Gasteiger partial charge in [0, 0.05) is 11.3 Å². The monoisotopic (exact) mass is 436 g/mol. The molecule has 0 saturated heterocycles. The number of rotatable bonds is 7. The van der Waals surface area contributed by atoms with Gasteiger partial charge >= 0.3 is 0 Å². The van der Waals surface area contributed by atoms with E-state index in [1.54, 1.807) is 48.5 Å². The number of sulfonamides is 1. The molecule has 0 bridgehead atoms. The number of nitrogens with zero attached hydrogens (tertiary/aromatic N) is 1. The third kappa shape index (κ3) is 5.19. The fourth-order valence-electron chi connectivity index (χ4n) is 3.25. The molecule has 0 radical (unpaired) electrons. The molecule has 3 rings (SSSR count). The number of benzene rings is 3. The highest BCUT2D eigenvalue weighted by Gasteiger charge is 2.28. The minimum absolute atomic E-state index is 0.0985. The molecule has 7 heteroatoms. The summed E-state index contributed by atoms with van der Waals surface area (Å²) in [6, 6.07) is 19.9. The molecule has 0 heterocycles. The minimum atomic E-state index is -3.98. The van der Waals surface area contributed by atoms with E-state index in [-0.39, 0.29) is 10.7 Å². The number of hydrogen-bond donors (Lipinski definition) is 1. The Labute approximate surface area is 182 Å². The fraction of sp³-hybridized carbons (Fsp3) is 0.167. The first kappa shape index (κ1) is 22.2. The average molecular weight is 437 g/mol. The number of nitrogens with one attached hydrogen (secondary N) is 1. The van der Waals surface area contributed by atoms with E-state index in [0.717, 1.165) is 15.4 Å². The molecule has 160 valence electrons. The number of anilines is 2. The molecule has 0 aromatic heterocycles. The first-order valence-corrected chi connectivity index (χ1v) is 11.2. The van der Waals surface area contributed by atoms with Gasteiger partial charge < -0.3 is 5.32 Å². The first-order chi connectivity index (χ1) is 14.7. The largest absolute Gasteiger partial charge is 0.324 e. The topological polar surface area (TPSA) is 83.6 Å². The van der Waals surface area contributed by atoms with Gasteiger partial charge in [0.25, 0.3) is 10.0 Å². The summed E-state index contributed by atoms with van der Waals surface area (Å²) in [4.78, 5) is 24.5. The van der Waals surface area contributed by atoms with Crippen LogP contribution < -0.4 is 9.62 Å². The van der Waals surface area contributed by atoms with Crippen molar-refractivity contribution in [1.29, 1.82) is 0 Å². The van der Waals surface area contributed by atoms with Crippen molar-refractivity contribution >= 4 is 33.1 Å². The predicted octanol–water partition coefficient (Wildman–Crippen LogP) is 4.34. The number of aryl methyl sites for hydroxylation is 2. The van der Waals surface area contributed by atoms with Crippen LogP contribution in [-0.4, -0.2) is 26.7 Å². The van der Waals surface area contributed by atoms with Crippen molar-refractivity contribution in [3.63, 3.8) is 0 Å². The number of hydrogen-bond acceptors (Lipinski definition) is 4. The van der Waals surface area contributed by atoms with Crippen LogP contribution in [0.1, 0.15) is 28.4 Å². The van der Waals surface area contributed by atoms with Crippen LogP contribution in [0.5, 0.6) is 0 Å². The molecule has 1 amide bonds. The molecule has 3 aromatic carbocycles. The van der Waals surface area contributed by atoms with Crippen molar-refractivity contribution in [2.45, 2.75) is 25.7 Å². The van der Waals surface area contributed by atoms with Crippen molar-refractivity contribution in [3.8, 4) is 0 Å². The Morgan fingerprint density at radius 1 is 0.903 bits per heavy atom. The number of carbonyl (C=O) groups is 2. The summed E-state index contributed by atoms with van der Waals surface area (Å²) in [5.41, 5.74) is 3.05. The molecule has 0 spiro atoms. The van der Waals surface area contributed by atoms with E-state index in [1.165, 1.54) is 19.1 Å². The molecular weight excluding hydrogens is 412 g/mol. The van der Waals surface area contributed by atoms with Crippen molar-refractivity contribution in [1.82, 2.24) is 0 Å². The highest BCUT2D eigenvalue weighted by Crippen LogP contribution is 2.27. The van der Waals surface area contributed by atoms with Gasteiger partial charge in [-0.2, -0.15) is 0 Å². The Morgan fingerprint density at radius 2 is 1.61 bits per heavy atom. The molecule has 31 heavy (non-hydrogen) atoms. The molecule has 1 N–H and O–H groups in total. The van der Waals surface area contributed by atoms with Gasteiger partial charge in [0.1, 0.15) is 6.54 Å². The maximum absolute atomic E-state index is 13.4. The fourth-order valence-corrected chi connectivity index (χ4v) is 4.76. The van der Waals surface area contributed by atoms with Crippen LogP contribution in [-0.2, 0) is 14.8 Å². The SMILES string of the molecule is CC(=O)c1cccc(NC(=O)CN(c2ccc(C)cc2C)S(=O)(=O)c2ccccc2)c1. The smallest absolute Gasteiger partial charge is 0.264 e. The predicted molar refractivity (Wildman–Crippen MR) is 122 cm³/mol. The zero-order valence-electron chi connectivity index (χ0n) is 17.6. The molecule has 0 fully saturated rings. The molecule has 0 saturated carbocycles. The van der Waals surface area contributed by atoms with Crippen LogP contribution in [0.2, 0.25) is 0 Å². The van der Waals surface area contributed by atoms with E-state index in [4.69, 9.17) is 0 Å². The summed E-state index contributed by atoms with van der Waals surface area (Å²) < 4.78 is 27.9. The minimum Gasteiger partial charge on any atom is -0.324 e. The van der Waals surface area contributed by atoms with Crippen LogP contribution in [0, 0.1) is 13.8 Å². The third-order valence-electron chi connectivity index (χ3n) is 4.79. The summed E-state index contributed by atoms with van der Waals surface area (Å²) in [6.45, 7) is 4.76. The van der Waals surface area contributed by atoms with E-state index in [0.29, 0.717) is 16.9 Å². The summed E-state index contributed by atoms with van der Waals surface area (Å²) in [5.74, 6) is -0.639.